The lowest BCUT2D eigenvalue weighted by Crippen LogP contribution is -2.31. The third-order valence-electron chi connectivity index (χ3n) is 5.72. The summed E-state index contributed by atoms with van der Waals surface area (Å²) in [6, 6.07) is 20.7. The maximum Gasteiger partial charge on any atom is 0.174 e. The van der Waals surface area contributed by atoms with Crippen LogP contribution in [0.25, 0.3) is 0 Å². The second-order valence-electron chi connectivity index (χ2n) is 7.55. The van der Waals surface area contributed by atoms with Crippen molar-refractivity contribution in [2.75, 3.05) is 11.5 Å². The Kier molecular flexibility index (Phi) is 5.04. The van der Waals surface area contributed by atoms with Crippen LogP contribution in [0.2, 0.25) is 0 Å². The highest BCUT2D eigenvalue weighted by atomic mass is 32.1. The smallest absolute Gasteiger partial charge is 0.174 e. The Morgan fingerprint density at radius 1 is 1.07 bits per heavy atom. The Hall–Kier alpha value is -2.70. The number of rotatable bonds is 5. The molecule has 5 nitrogen and oxygen atoms in total. The Morgan fingerprint density at radius 3 is 2.69 bits per heavy atom. The van der Waals surface area contributed by atoms with E-state index in [-0.39, 0.29) is 18.2 Å². The molecule has 5 rings (SSSR count). The largest absolute Gasteiger partial charge is 0.376 e. The summed E-state index contributed by atoms with van der Waals surface area (Å²) in [6.45, 7) is 1.73. The highest BCUT2D eigenvalue weighted by molar-refractivity contribution is 7.80. The molecule has 4 heterocycles. The Morgan fingerprint density at radius 2 is 1.93 bits per heavy atom. The summed E-state index contributed by atoms with van der Waals surface area (Å²) in [4.78, 5) is 6.85. The molecular formula is C23H24N4OS. The molecule has 2 aliphatic rings. The van der Waals surface area contributed by atoms with Gasteiger partial charge in [-0.15, -0.1) is 0 Å². The Balaban J connectivity index is 1.57. The maximum atomic E-state index is 5.90. The van der Waals surface area contributed by atoms with Crippen LogP contribution < -0.4 is 10.2 Å². The summed E-state index contributed by atoms with van der Waals surface area (Å²) >= 11 is 5.79. The van der Waals surface area contributed by atoms with E-state index >= 15 is 0 Å². The minimum Gasteiger partial charge on any atom is -0.376 e. The van der Waals surface area contributed by atoms with Crippen molar-refractivity contribution >= 4 is 23.0 Å². The highest BCUT2D eigenvalue weighted by Crippen LogP contribution is 2.41. The molecule has 1 N–H and O–H groups in total. The zero-order chi connectivity index (χ0) is 19.6. The number of hydrogen-bond donors (Lipinski definition) is 1. The molecule has 0 radical (unpaired) electrons. The van der Waals surface area contributed by atoms with Crippen LogP contribution in [0.3, 0.4) is 0 Å². The molecule has 0 bridgehead atoms. The quantitative estimate of drug-likeness (QED) is 0.645. The van der Waals surface area contributed by atoms with Gasteiger partial charge in [-0.05, 0) is 61.5 Å². The van der Waals surface area contributed by atoms with E-state index in [1.807, 2.05) is 24.4 Å². The number of thiocarbonyl (C=S) groups is 1. The van der Waals surface area contributed by atoms with Gasteiger partial charge in [0.1, 0.15) is 6.04 Å². The number of para-hydroxylation sites is 1. The lowest BCUT2D eigenvalue weighted by atomic mass is 10.0. The SMILES string of the molecule is S=C1NC(c2ccccn2)C(c2cccn2CC2CCCO2)N1c1ccccc1. The molecule has 0 saturated carbocycles. The molecule has 148 valence electrons. The molecule has 0 aliphatic carbocycles. The monoisotopic (exact) mass is 404 g/mol. The standard InChI is InChI=1S/C23H24N4OS/c29-23-25-21(19-11-4-5-13-24-19)22(27(23)17-8-2-1-3-9-17)20-12-6-14-26(20)16-18-10-7-15-28-18/h1-6,8-9,11-14,18,21-22H,7,10,15-16H2,(H,25,29). The van der Waals surface area contributed by atoms with Crippen LogP contribution in [-0.4, -0.2) is 27.4 Å². The van der Waals surface area contributed by atoms with Gasteiger partial charge in [0, 0.05) is 36.9 Å². The molecule has 2 aromatic heterocycles. The van der Waals surface area contributed by atoms with Gasteiger partial charge in [0.25, 0.3) is 0 Å². The number of pyridine rings is 1. The first-order chi connectivity index (χ1) is 14.3. The Bertz CT molecular complexity index is 969. The summed E-state index contributed by atoms with van der Waals surface area (Å²) in [5.74, 6) is 0. The van der Waals surface area contributed by atoms with Gasteiger partial charge in [0.2, 0.25) is 0 Å². The number of hydrogen-bond acceptors (Lipinski definition) is 3. The maximum absolute atomic E-state index is 5.90. The van der Waals surface area contributed by atoms with E-state index in [0.29, 0.717) is 0 Å². The van der Waals surface area contributed by atoms with Crippen LogP contribution in [0.15, 0.2) is 73.1 Å². The van der Waals surface area contributed by atoms with Crippen molar-refractivity contribution in [1.82, 2.24) is 14.9 Å². The molecule has 2 aliphatic heterocycles. The summed E-state index contributed by atoms with van der Waals surface area (Å²) in [6.07, 6.45) is 6.53. The number of anilines is 1. The van der Waals surface area contributed by atoms with Crippen molar-refractivity contribution < 1.29 is 4.74 Å². The average molecular weight is 405 g/mol. The summed E-state index contributed by atoms with van der Waals surface area (Å²) in [5, 5.41) is 4.25. The molecule has 2 saturated heterocycles. The number of ether oxygens (including phenoxy) is 1. The molecule has 6 heteroatoms. The van der Waals surface area contributed by atoms with E-state index in [0.717, 1.165) is 42.5 Å². The molecule has 29 heavy (non-hydrogen) atoms. The molecule has 3 unspecified atom stereocenters. The lowest BCUT2D eigenvalue weighted by molar-refractivity contribution is 0.0961. The van der Waals surface area contributed by atoms with Crippen molar-refractivity contribution in [3.63, 3.8) is 0 Å². The minimum absolute atomic E-state index is 0.0104. The zero-order valence-electron chi connectivity index (χ0n) is 16.1. The predicted octanol–water partition coefficient (Wildman–Crippen LogP) is 4.24. The number of nitrogens with one attached hydrogen (secondary N) is 1. The van der Waals surface area contributed by atoms with Gasteiger partial charge in [-0.3, -0.25) is 4.98 Å². The van der Waals surface area contributed by atoms with E-state index in [4.69, 9.17) is 17.0 Å². The number of aromatic nitrogens is 2. The summed E-state index contributed by atoms with van der Waals surface area (Å²) in [5.41, 5.74) is 3.29. The van der Waals surface area contributed by atoms with Crippen molar-refractivity contribution in [3.05, 3.63) is 84.4 Å². The van der Waals surface area contributed by atoms with Crippen LogP contribution in [0, 0.1) is 0 Å². The van der Waals surface area contributed by atoms with Crippen LogP contribution in [0.5, 0.6) is 0 Å². The third kappa shape index (κ3) is 3.54. The predicted molar refractivity (Wildman–Crippen MR) is 118 cm³/mol. The number of benzene rings is 1. The first-order valence-electron chi connectivity index (χ1n) is 10.1. The molecule has 0 spiro atoms. The molecular weight excluding hydrogens is 380 g/mol. The van der Waals surface area contributed by atoms with Gasteiger partial charge in [-0.2, -0.15) is 0 Å². The summed E-state index contributed by atoms with van der Waals surface area (Å²) in [7, 11) is 0. The molecule has 2 fully saturated rings. The second-order valence-corrected chi connectivity index (χ2v) is 7.94. The van der Waals surface area contributed by atoms with Gasteiger partial charge in [-0.25, -0.2) is 0 Å². The fourth-order valence-electron chi connectivity index (χ4n) is 4.39. The molecule has 3 atom stereocenters. The summed E-state index contributed by atoms with van der Waals surface area (Å²) < 4.78 is 8.22. The van der Waals surface area contributed by atoms with Crippen molar-refractivity contribution in [1.29, 1.82) is 0 Å². The molecule has 1 aromatic carbocycles. The minimum atomic E-state index is -0.0259. The van der Waals surface area contributed by atoms with Gasteiger partial charge >= 0.3 is 0 Å². The van der Waals surface area contributed by atoms with Crippen LogP contribution >= 0.6 is 12.2 Å². The topological polar surface area (TPSA) is 42.3 Å². The zero-order valence-corrected chi connectivity index (χ0v) is 17.0. The highest BCUT2D eigenvalue weighted by Gasteiger charge is 2.42. The van der Waals surface area contributed by atoms with Gasteiger partial charge < -0.3 is 19.5 Å². The number of nitrogens with zero attached hydrogens (tertiary/aromatic N) is 3. The average Bonchev–Trinajstić information content (AvgIpc) is 3.50. The fourth-order valence-corrected chi connectivity index (χ4v) is 4.74. The Labute approximate surface area is 176 Å². The fraction of sp³-hybridized carbons (Fsp3) is 0.304. The van der Waals surface area contributed by atoms with Gasteiger partial charge in [0.15, 0.2) is 5.11 Å². The van der Waals surface area contributed by atoms with Crippen molar-refractivity contribution in [2.45, 2.75) is 37.6 Å². The van der Waals surface area contributed by atoms with Gasteiger partial charge in [-0.1, -0.05) is 24.3 Å². The lowest BCUT2D eigenvalue weighted by Gasteiger charge is -2.29. The van der Waals surface area contributed by atoms with Crippen LogP contribution in [-0.2, 0) is 11.3 Å². The van der Waals surface area contributed by atoms with E-state index < -0.39 is 0 Å². The van der Waals surface area contributed by atoms with E-state index in [1.54, 1.807) is 0 Å². The van der Waals surface area contributed by atoms with E-state index in [9.17, 15) is 0 Å². The normalized spacial score (nSPS) is 24.1. The molecule has 0 amide bonds. The van der Waals surface area contributed by atoms with Crippen molar-refractivity contribution in [2.24, 2.45) is 0 Å². The first-order valence-corrected chi connectivity index (χ1v) is 10.5. The first kappa shape index (κ1) is 18.3. The second kappa shape index (κ2) is 7.97. The van der Waals surface area contributed by atoms with E-state index in [1.165, 1.54) is 5.69 Å². The van der Waals surface area contributed by atoms with Crippen molar-refractivity contribution in [3.8, 4) is 0 Å². The van der Waals surface area contributed by atoms with Crippen LogP contribution in [0.4, 0.5) is 5.69 Å². The third-order valence-corrected chi connectivity index (χ3v) is 6.04. The van der Waals surface area contributed by atoms with Crippen LogP contribution in [0.1, 0.15) is 36.3 Å². The molecule has 3 aromatic rings. The van der Waals surface area contributed by atoms with E-state index in [2.05, 4.69) is 68.4 Å². The van der Waals surface area contributed by atoms with Gasteiger partial charge in [0.05, 0.1) is 17.8 Å².